The minimum Gasteiger partial charge on any atom is -0.351 e. The van der Waals surface area contributed by atoms with Gasteiger partial charge >= 0.3 is 0 Å². The molecule has 0 saturated heterocycles. The maximum absolute atomic E-state index is 13.1. The molecule has 1 aromatic carbocycles. The fourth-order valence-corrected chi connectivity index (χ4v) is 2.52. The van der Waals surface area contributed by atoms with E-state index in [9.17, 15) is 17.6 Å². The number of nitrogens with one attached hydrogen (secondary N) is 1. The topological polar surface area (TPSA) is 63.2 Å². The number of sulfone groups is 1. The monoisotopic (exact) mass is 301 g/mol. The highest BCUT2D eigenvalue weighted by Gasteiger charge is 2.28. The Hall–Kier alpha value is -1.43. The third kappa shape index (κ3) is 4.03. The first-order chi connectivity index (χ1) is 9.04. The van der Waals surface area contributed by atoms with Gasteiger partial charge in [0.1, 0.15) is 5.82 Å². The number of benzene rings is 1. The zero-order valence-corrected chi connectivity index (χ0v) is 13.0. The number of carbonyl (C=O) groups excluding carboxylic acids is 1. The Balaban J connectivity index is 2.68. The molecule has 0 radical (unpaired) electrons. The third-order valence-electron chi connectivity index (χ3n) is 3.03. The van der Waals surface area contributed by atoms with Gasteiger partial charge in [0, 0.05) is 12.1 Å². The molecule has 1 amide bonds. The van der Waals surface area contributed by atoms with Crippen LogP contribution < -0.4 is 5.32 Å². The van der Waals surface area contributed by atoms with Crippen molar-refractivity contribution in [1.29, 1.82) is 0 Å². The van der Waals surface area contributed by atoms with Crippen molar-refractivity contribution >= 4 is 15.7 Å². The van der Waals surface area contributed by atoms with Gasteiger partial charge in [0.05, 0.1) is 10.5 Å². The van der Waals surface area contributed by atoms with E-state index in [1.54, 1.807) is 27.7 Å². The van der Waals surface area contributed by atoms with E-state index < -0.39 is 26.3 Å². The maximum Gasteiger partial charge on any atom is 0.251 e. The average Bonchev–Trinajstić information content (AvgIpc) is 2.30. The molecule has 0 aromatic heterocycles. The molecule has 4 nitrogen and oxygen atoms in total. The zero-order valence-electron chi connectivity index (χ0n) is 12.2. The molecule has 0 heterocycles. The molecule has 0 atom stereocenters. The Morgan fingerprint density at radius 2 is 1.90 bits per heavy atom. The number of hydrogen-bond donors (Lipinski definition) is 1. The average molecular weight is 301 g/mol. The summed E-state index contributed by atoms with van der Waals surface area (Å²) in [4.78, 5) is 11.9. The Kier molecular flexibility index (Phi) is 4.91. The van der Waals surface area contributed by atoms with Crippen molar-refractivity contribution in [3.05, 3.63) is 35.1 Å². The van der Waals surface area contributed by atoms with Gasteiger partial charge in [0.25, 0.3) is 5.91 Å². The van der Waals surface area contributed by atoms with Crippen LogP contribution in [0, 0.1) is 12.7 Å². The largest absolute Gasteiger partial charge is 0.351 e. The molecule has 1 rings (SSSR count). The highest BCUT2D eigenvalue weighted by atomic mass is 32.2. The standard InChI is InChI=1S/C14H20FNO3S/c1-10-5-6-11(15)9-12(10)13(17)16-7-8-20(18,19)14(2,3)4/h5-6,9H,7-8H2,1-4H3,(H,16,17). The summed E-state index contributed by atoms with van der Waals surface area (Å²) in [5, 5.41) is 2.51. The van der Waals surface area contributed by atoms with Crippen molar-refractivity contribution < 1.29 is 17.6 Å². The first-order valence-electron chi connectivity index (χ1n) is 6.31. The number of carbonyl (C=O) groups is 1. The Labute approximate surface area is 119 Å². The lowest BCUT2D eigenvalue weighted by molar-refractivity contribution is 0.0955. The number of amides is 1. The second-order valence-corrected chi connectivity index (χ2v) is 8.51. The van der Waals surface area contributed by atoms with Gasteiger partial charge in [0.2, 0.25) is 0 Å². The summed E-state index contributed by atoms with van der Waals surface area (Å²) >= 11 is 0. The van der Waals surface area contributed by atoms with Crippen LogP contribution in [0.25, 0.3) is 0 Å². The number of hydrogen-bond acceptors (Lipinski definition) is 3. The van der Waals surface area contributed by atoms with Gasteiger partial charge in [-0.25, -0.2) is 12.8 Å². The van der Waals surface area contributed by atoms with Crippen molar-refractivity contribution in [2.75, 3.05) is 12.3 Å². The molecule has 0 spiro atoms. The van der Waals surface area contributed by atoms with Gasteiger partial charge in [-0.2, -0.15) is 0 Å². The lowest BCUT2D eigenvalue weighted by atomic mass is 10.1. The fraction of sp³-hybridized carbons (Fsp3) is 0.500. The van der Waals surface area contributed by atoms with E-state index >= 15 is 0 Å². The van der Waals surface area contributed by atoms with Crippen molar-refractivity contribution in [3.63, 3.8) is 0 Å². The molecular formula is C14H20FNO3S. The van der Waals surface area contributed by atoms with Crippen LogP contribution in [-0.2, 0) is 9.84 Å². The Morgan fingerprint density at radius 3 is 2.45 bits per heavy atom. The molecule has 112 valence electrons. The smallest absolute Gasteiger partial charge is 0.251 e. The van der Waals surface area contributed by atoms with Gasteiger partial charge < -0.3 is 5.32 Å². The lowest BCUT2D eigenvalue weighted by Gasteiger charge is -2.19. The summed E-state index contributed by atoms with van der Waals surface area (Å²) < 4.78 is 36.0. The predicted molar refractivity (Wildman–Crippen MR) is 77.0 cm³/mol. The molecule has 0 fully saturated rings. The van der Waals surface area contributed by atoms with Crippen LogP contribution in [0.4, 0.5) is 4.39 Å². The van der Waals surface area contributed by atoms with Crippen molar-refractivity contribution in [2.45, 2.75) is 32.4 Å². The quantitative estimate of drug-likeness (QED) is 0.926. The molecule has 0 aliphatic heterocycles. The van der Waals surface area contributed by atoms with Gasteiger partial charge in [-0.1, -0.05) is 6.07 Å². The zero-order chi connectivity index (χ0) is 15.6. The van der Waals surface area contributed by atoms with Crippen LogP contribution in [0.2, 0.25) is 0 Å². The van der Waals surface area contributed by atoms with Crippen LogP contribution >= 0.6 is 0 Å². The molecule has 0 bridgehead atoms. The second-order valence-electron chi connectivity index (χ2n) is 5.65. The molecule has 0 unspecified atom stereocenters. The van der Waals surface area contributed by atoms with E-state index in [1.165, 1.54) is 12.1 Å². The molecule has 0 aliphatic carbocycles. The summed E-state index contributed by atoms with van der Waals surface area (Å²) in [5.74, 6) is -1.11. The minimum atomic E-state index is -3.28. The molecule has 0 saturated carbocycles. The predicted octanol–water partition coefficient (Wildman–Crippen LogP) is 2.08. The first-order valence-corrected chi connectivity index (χ1v) is 7.96. The molecule has 0 aliphatic rings. The van der Waals surface area contributed by atoms with E-state index in [0.29, 0.717) is 5.56 Å². The fourth-order valence-electron chi connectivity index (χ4n) is 1.54. The maximum atomic E-state index is 13.1. The van der Waals surface area contributed by atoms with Crippen molar-refractivity contribution in [3.8, 4) is 0 Å². The van der Waals surface area contributed by atoms with Crippen LogP contribution in [0.3, 0.4) is 0 Å². The molecule has 1 N–H and O–H groups in total. The Morgan fingerprint density at radius 1 is 1.30 bits per heavy atom. The van der Waals surface area contributed by atoms with E-state index in [0.717, 1.165) is 6.07 Å². The highest BCUT2D eigenvalue weighted by Crippen LogP contribution is 2.15. The second kappa shape index (κ2) is 5.91. The van der Waals surface area contributed by atoms with Crippen LogP contribution in [-0.4, -0.2) is 31.4 Å². The lowest BCUT2D eigenvalue weighted by Crippen LogP contribution is -2.36. The molecule has 6 heteroatoms. The SMILES string of the molecule is Cc1ccc(F)cc1C(=O)NCCS(=O)(=O)C(C)(C)C. The number of halogens is 1. The van der Waals surface area contributed by atoms with Crippen molar-refractivity contribution in [1.82, 2.24) is 5.32 Å². The van der Waals surface area contributed by atoms with Gasteiger partial charge in [-0.15, -0.1) is 0 Å². The summed E-state index contributed by atoms with van der Waals surface area (Å²) in [6, 6.07) is 3.93. The molecule has 20 heavy (non-hydrogen) atoms. The van der Waals surface area contributed by atoms with E-state index in [2.05, 4.69) is 5.32 Å². The Bertz CT molecular complexity index is 603. The van der Waals surface area contributed by atoms with E-state index in [4.69, 9.17) is 0 Å². The van der Waals surface area contributed by atoms with Gasteiger partial charge in [0.15, 0.2) is 9.84 Å². The van der Waals surface area contributed by atoms with Crippen molar-refractivity contribution in [2.24, 2.45) is 0 Å². The third-order valence-corrected chi connectivity index (χ3v) is 5.64. The van der Waals surface area contributed by atoms with Gasteiger partial charge in [-0.3, -0.25) is 4.79 Å². The highest BCUT2D eigenvalue weighted by molar-refractivity contribution is 7.92. The summed E-state index contributed by atoms with van der Waals surface area (Å²) in [6.45, 7) is 6.54. The van der Waals surface area contributed by atoms with Gasteiger partial charge in [-0.05, 0) is 45.4 Å². The first kappa shape index (κ1) is 16.6. The molecule has 1 aromatic rings. The van der Waals surface area contributed by atoms with Crippen LogP contribution in [0.1, 0.15) is 36.7 Å². The summed E-state index contributed by atoms with van der Waals surface area (Å²) in [6.07, 6.45) is 0. The number of rotatable bonds is 4. The normalized spacial score (nSPS) is 12.2. The van der Waals surface area contributed by atoms with E-state index in [1.807, 2.05) is 0 Å². The van der Waals surface area contributed by atoms with Crippen LogP contribution in [0.15, 0.2) is 18.2 Å². The minimum absolute atomic E-state index is 0.00832. The molecular weight excluding hydrogens is 281 g/mol. The summed E-state index contributed by atoms with van der Waals surface area (Å²) in [7, 11) is -3.28. The van der Waals surface area contributed by atoms with E-state index in [-0.39, 0.29) is 17.9 Å². The number of aryl methyl sites for hydroxylation is 1. The van der Waals surface area contributed by atoms with Crippen LogP contribution in [0.5, 0.6) is 0 Å². The summed E-state index contributed by atoms with van der Waals surface area (Å²) in [5.41, 5.74) is 0.862.